The number of rotatable bonds is 6. The summed E-state index contributed by atoms with van der Waals surface area (Å²) in [6.45, 7) is 4.93. The van der Waals surface area contributed by atoms with Crippen LogP contribution in [0.2, 0.25) is 0 Å². The molecule has 1 N–H and O–H groups in total. The average Bonchev–Trinajstić information content (AvgIpc) is 3.00. The number of hydrogen-bond acceptors (Lipinski definition) is 6. The Kier molecular flexibility index (Phi) is 5.00. The molecule has 0 amide bonds. The molecule has 0 aromatic carbocycles. The number of anilines is 1. The van der Waals surface area contributed by atoms with E-state index in [0.29, 0.717) is 5.92 Å². The van der Waals surface area contributed by atoms with Gasteiger partial charge in [0.05, 0.1) is 16.8 Å². The van der Waals surface area contributed by atoms with Gasteiger partial charge in [-0.3, -0.25) is 0 Å². The van der Waals surface area contributed by atoms with Crippen molar-refractivity contribution in [3.63, 3.8) is 0 Å². The summed E-state index contributed by atoms with van der Waals surface area (Å²) in [5.41, 5.74) is 1.06. The summed E-state index contributed by atoms with van der Waals surface area (Å²) in [6, 6.07) is 2.07. The smallest absolute Gasteiger partial charge is 0.150 e. The molecule has 1 saturated heterocycles. The van der Waals surface area contributed by atoms with Crippen molar-refractivity contribution in [2.24, 2.45) is 5.92 Å². The van der Waals surface area contributed by atoms with Crippen LogP contribution >= 0.6 is 11.3 Å². The van der Waals surface area contributed by atoms with E-state index < -0.39 is 0 Å². The summed E-state index contributed by atoms with van der Waals surface area (Å²) >= 11 is 1.73. The van der Waals surface area contributed by atoms with Gasteiger partial charge in [0.2, 0.25) is 0 Å². The molecule has 1 aliphatic rings. The van der Waals surface area contributed by atoms with Crippen molar-refractivity contribution in [1.82, 2.24) is 15.3 Å². The van der Waals surface area contributed by atoms with Gasteiger partial charge in [-0.05, 0) is 36.8 Å². The van der Waals surface area contributed by atoms with E-state index in [4.69, 9.17) is 4.74 Å². The Morgan fingerprint density at radius 1 is 1.48 bits per heavy atom. The molecule has 3 heterocycles. The van der Waals surface area contributed by atoms with Crippen molar-refractivity contribution in [2.45, 2.75) is 12.8 Å². The largest absolute Gasteiger partial charge is 0.383 e. The molecule has 2 aromatic rings. The third-order valence-electron chi connectivity index (χ3n) is 3.96. The summed E-state index contributed by atoms with van der Waals surface area (Å²) in [6.07, 6.45) is 4.20. The van der Waals surface area contributed by atoms with Gasteiger partial charge in [0.15, 0.2) is 0 Å². The topological polar surface area (TPSA) is 50.3 Å². The predicted molar refractivity (Wildman–Crippen MR) is 87.1 cm³/mol. The molecule has 2 aromatic heterocycles. The first-order valence-electron chi connectivity index (χ1n) is 7.51. The Morgan fingerprint density at radius 2 is 2.43 bits per heavy atom. The molecule has 0 radical (unpaired) electrons. The Balaban J connectivity index is 1.64. The van der Waals surface area contributed by atoms with Crippen LogP contribution in [0.3, 0.4) is 0 Å². The molecule has 6 heteroatoms. The lowest BCUT2D eigenvalue weighted by molar-refractivity contribution is 0.197. The molecule has 1 unspecified atom stereocenters. The molecule has 5 nitrogen and oxygen atoms in total. The quantitative estimate of drug-likeness (QED) is 0.829. The summed E-state index contributed by atoms with van der Waals surface area (Å²) in [5, 5.41) is 5.57. The Hall–Kier alpha value is -1.24. The van der Waals surface area contributed by atoms with Crippen LogP contribution in [-0.4, -0.2) is 49.9 Å². The van der Waals surface area contributed by atoms with Crippen LogP contribution < -0.4 is 10.2 Å². The zero-order valence-corrected chi connectivity index (χ0v) is 13.2. The summed E-state index contributed by atoms with van der Waals surface area (Å²) in [5.74, 6) is 1.79. The second-order valence-electron chi connectivity index (χ2n) is 5.48. The minimum atomic E-state index is 0.681. The Labute approximate surface area is 129 Å². The minimum absolute atomic E-state index is 0.681. The second-order valence-corrected chi connectivity index (χ2v) is 6.40. The van der Waals surface area contributed by atoms with E-state index in [9.17, 15) is 0 Å². The fraction of sp³-hybridized carbons (Fsp3) is 0.600. The van der Waals surface area contributed by atoms with Crippen molar-refractivity contribution < 1.29 is 4.74 Å². The summed E-state index contributed by atoms with van der Waals surface area (Å²) in [7, 11) is 1.74. The fourth-order valence-corrected chi connectivity index (χ4v) is 3.77. The normalized spacial score (nSPS) is 19.3. The number of aromatic nitrogens is 2. The van der Waals surface area contributed by atoms with Crippen molar-refractivity contribution in [3.05, 3.63) is 17.8 Å². The molecule has 1 atom stereocenters. The van der Waals surface area contributed by atoms with Crippen LogP contribution in [0, 0.1) is 5.92 Å². The molecule has 114 valence electrons. The minimum Gasteiger partial charge on any atom is -0.383 e. The SMILES string of the molecule is COCCNCC1CCCN(c2ncnc3ccsc23)C1. The number of nitrogens with one attached hydrogen (secondary N) is 1. The third-order valence-corrected chi connectivity index (χ3v) is 4.86. The van der Waals surface area contributed by atoms with Crippen LogP contribution in [0.1, 0.15) is 12.8 Å². The van der Waals surface area contributed by atoms with Gasteiger partial charge in [-0.2, -0.15) is 0 Å². The Morgan fingerprint density at radius 3 is 3.33 bits per heavy atom. The van der Waals surface area contributed by atoms with Gasteiger partial charge >= 0.3 is 0 Å². The molecular formula is C15H22N4OS. The highest BCUT2D eigenvalue weighted by atomic mass is 32.1. The average molecular weight is 306 g/mol. The van der Waals surface area contributed by atoms with E-state index in [1.807, 2.05) is 0 Å². The first-order valence-corrected chi connectivity index (χ1v) is 8.39. The van der Waals surface area contributed by atoms with Crippen molar-refractivity contribution >= 4 is 27.4 Å². The molecule has 3 rings (SSSR count). The number of piperidine rings is 1. The van der Waals surface area contributed by atoms with Crippen LogP contribution in [0.15, 0.2) is 17.8 Å². The number of ether oxygens (including phenoxy) is 1. The number of fused-ring (bicyclic) bond motifs is 1. The molecule has 0 bridgehead atoms. The zero-order chi connectivity index (χ0) is 14.5. The van der Waals surface area contributed by atoms with Gasteiger partial charge in [0, 0.05) is 26.7 Å². The molecule has 0 aliphatic carbocycles. The zero-order valence-electron chi connectivity index (χ0n) is 12.4. The van der Waals surface area contributed by atoms with Crippen LogP contribution in [0.4, 0.5) is 5.82 Å². The first kappa shape index (κ1) is 14.7. The predicted octanol–water partition coefficient (Wildman–Crippen LogP) is 2.14. The highest BCUT2D eigenvalue weighted by molar-refractivity contribution is 7.17. The number of methoxy groups -OCH3 is 1. The molecular weight excluding hydrogens is 284 g/mol. The molecule has 0 spiro atoms. The molecule has 0 saturated carbocycles. The Bertz CT molecular complexity index is 574. The standard InChI is InChI=1S/C15H22N4OS/c1-20-7-5-16-9-12-3-2-6-19(10-12)15-14-13(4-8-21-14)17-11-18-15/h4,8,11-12,16H,2-3,5-7,9-10H2,1H3. The fourth-order valence-electron chi connectivity index (χ4n) is 2.91. The molecule has 1 aliphatic heterocycles. The van der Waals surface area contributed by atoms with Gasteiger partial charge < -0.3 is 15.0 Å². The monoisotopic (exact) mass is 306 g/mol. The van der Waals surface area contributed by atoms with E-state index >= 15 is 0 Å². The maximum Gasteiger partial charge on any atom is 0.150 e. The lowest BCUT2D eigenvalue weighted by Gasteiger charge is -2.33. The lowest BCUT2D eigenvalue weighted by atomic mass is 9.98. The lowest BCUT2D eigenvalue weighted by Crippen LogP contribution is -2.40. The van der Waals surface area contributed by atoms with E-state index in [-0.39, 0.29) is 0 Å². The first-order chi connectivity index (χ1) is 10.4. The van der Waals surface area contributed by atoms with Gasteiger partial charge in [-0.1, -0.05) is 0 Å². The third kappa shape index (κ3) is 3.51. The van der Waals surface area contributed by atoms with E-state index in [1.54, 1.807) is 24.8 Å². The number of nitrogens with zero attached hydrogens (tertiary/aromatic N) is 3. The van der Waals surface area contributed by atoms with Crippen molar-refractivity contribution in [3.8, 4) is 0 Å². The molecule has 21 heavy (non-hydrogen) atoms. The van der Waals surface area contributed by atoms with Gasteiger partial charge in [-0.25, -0.2) is 9.97 Å². The number of hydrogen-bond donors (Lipinski definition) is 1. The van der Waals surface area contributed by atoms with Gasteiger partial charge in [0.1, 0.15) is 12.1 Å². The maximum absolute atomic E-state index is 5.07. The van der Waals surface area contributed by atoms with Gasteiger partial charge in [-0.15, -0.1) is 11.3 Å². The summed E-state index contributed by atoms with van der Waals surface area (Å²) < 4.78 is 6.29. The van der Waals surface area contributed by atoms with E-state index in [2.05, 4.69) is 31.6 Å². The van der Waals surface area contributed by atoms with Crippen LogP contribution in [0.25, 0.3) is 10.2 Å². The second kappa shape index (κ2) is 7.15. The van der Waals surface area contributed by atoms with Crippen LogP contribution in [-0.2, 0) is 4.74 Å². The van der Waals surface area contributed by atoms with E-state index in [0.717, 1.165) is 44.1 Å². The highest BCUT2D eigenvalue weighted by Gasteiger charge is 2.22. The maximum atomic E-state index is 5.07. The summed E-state index contributed by atoms with van der Waals surface area (Å²) in [4.78, 5) is 11.3. The van der Waals surface area contributed by atoms with Crippen molar-refractivity contribution in [1.29, 1.82) is 0 Å². The van der Waals surface area contributed by atoms with E-state index in [1.165, 1.54) is 17.5 Å². The number of thiophene rings is 1. The van der Waals surface area contributed by atoms with Gasteiger partial charge in [0.25, 0.3) is 0 Å². The van der Waals surface area contributed by atoms with Crippen molar-refractivity contribution in [2.75, 3.05) is 44.8 Å². The highest BCUT2D eigenvalue weighted by Crippen LogP contribution is 2.30. The molecule has 1 fully saturated rings. The van der Waals surface area contributed by atoms with Crippen LogP contribution in [0.5, 0.6) is 0 Å².